The number of benzene rings is 3. The molecule has 0 spiro atoms. The zero-order valence-corrected chi connectivity index (χ0v) is 34.3. The van der Waals surface area contributed by atoms with Crippen molar-refractivity contribution < 1.29 is 253 Å². The van der Waals surface area contributed by atoms with E-state index in [4.69, 9.17) is 24.3 Å². The van der Waals surface area contributed by atoms with E-state index < -0.39 is 27.2 Å². The van der Waals surface area contributed by atoms with Gasteiger partial charge in [0.1, 0.15) is 11.5 Å². The maximum absolute atomic E-state index is 12.7. The molecule has 0 saturated heterocycles. The fourth-order valence-electron chi connectivity index (χ4n) is 3.59. The second-order valence-electron chi connectivity index (χ2n) is 6.83. The molecule has 16 heteroatoms. The molecule has 0 saturated carbocycles. The number of hydrogen-bond acceptors (Lipinski definition) is 6. The number of phosphoric ester groups is 2. The molecular weight excluding hydrogens is 619 g/mol. The number of ether oxygens (including phenoxy) is 1. The molecule has 4 N–H and O–H groups in total. The summed E-state index contributed by atoms with van der Waals surface area (Å²) in [4.78, 5) is 48.7. The number of carbonyl (C=O) groups is 1. The van der Waals surface area contributed by atoms with E-state index in [0.717, 1.165) is 0 Å². The van der Waals surface area contributed by atoms with E-state index in [2.05, 4.69) is 9.05 Å². The molecule has 10 nitrogen and oxygen atoms in total. The topological polar surface area (TPSA) is 160 Å². The van der Waals surface area contributed by atoms with Gasteiger partial charge < -0.3 is 13.8 Å². The van der Waals surface area contributed by atoms with E-state index in [1.165, 1.54) is 48.5 Å². The quantitative estimate of drug-likeness (QED) is 0.117. The van der Waals surface area contributed by atoms with Crippen LogP contribution in [0.4, 0.5) is 0 Å². The first-order valence-electron chi connectivity index (χ1n) is 9.02. The number of fused-ring (bicyclic) bond motifs is 1. The van der Waals surface area contributed by atoms with Gasteiger partial charge in [0.25, 0.3) is 0 Å². The standard InChI is InChI=1S/C20H16O10P2.4K/c21-19-17-3-1-2-4-18(17)20(28-19,13-5-9-15(10-6-13)29-31(22,23)24)14-7-11-16(12-8-14)30-32(25,26)27;;;;/h1-12H,(H2,22,23,24)(H2,25,26,27);;;;/q;4*+1. The van der Waals surface area contributed by atoms with E-state index in [-0.39, 0.29) is 217 Å². The van der Waals surface area contributed by atoms with Crippen molar-refractivity contribution in [1.29, 1.82) is 0 Å². The van der Waals surface area contributed by atoms with Crippen LogP contribution in [0, 0.1) is 0 Å². The number of cyclic esters (lactones) is 1. The summed E-state index contributed by atoms with van der Waals surface area (Å²) in [5.74, 6) is -0.743. The van der Waals surface area contributed by atoms with E-state index in [1.807, 2.05) is 0 Å². The Morgan fingerprint density at radius 1 is 0.639 bits per heavy atom. The first-order valence-corrected chi connectivity index (χ1v) is 12.1. The normalized spacial score (nSPS) is 13.4. The Morgan fingerprint density at radius 2 is 1.03 bits per heavy atom. The predicted molar refractivity (Wildman–Crippen MR) is 110 cm³/mol. The summed E-state index contributed by atoms with van der Waals surface area (Å²) >= 11 is 0. The predicted octanol–water partition coefficient (Wildman–Crippen LogP) is -8.89. The van der Waals surface area contributed by atoms with Gasteiger partial charge >= 0.3 is 227 Å². The van der Waals surface area contributed by atoms with Crippen molar-refractivity contribution in [3.8, 4) is 11.5 Å². The summed E-state index contributed by atoms with van der Waals surface area (Å²) in [5, 5.41) is 0. The Morgan fingerprint density at radius 3 is 1.42 bits per heavy atom. The van der Waals surface area contributed by atoms with Gasteiger partial charge in [-0.25, -0.2) is 13.9 Å². The van der Waals surface area contributed by atoms with Gasteiger partial charge in [0.15, 0.2) is 5.60 Å². The van der Waals surface area contributed by atoms with Crippen LogP contribution in [0.2, 0.25) is 0 Å². The molecule has 0 fully saturated rings. The Hall–Kier alpha value is 3.58. The summed E-state index contributed by atoms with van der Waals surface area (Å²) < 4.78 is 37.2. The monoisotopic (exact) mass is 634 g/mol. The van der Waals surface area contributed by atoms with E-state index in [0.29, 0.717) is 22.3 Å². The average molecular weight is 635 g/mol. The van der Waals surface area contributed by atoms with Gasteiger partial charge in [-0.1, -0.05) is 42.5 Å². The van der Waals surface area contributed by atoms with Crippen LogP contribution in [0.15, 0.2) is 72.8 Å². The summed E-state index contributed by atoms with van der Waals surface area (Å²) in [6.07, 6.45) is 0. The largest absolute Gasteiger partial charge is 1.00 e. The summed E-state index contributed by atoms with van der Waals surface area (Å²) in [6, 6.07) is 18.0. The molecule has 0 aromatic heterocycles. The van der Waals surface area contributed by atoms with Crippen LogP contribution in [-0.4, -0.2) is 25.5 Å². The van der Waals surface area contributed by atoms with E-state index >= 15 is 0 Å². The number of phosphoric acid groups is 2. The van der Waals surface area contributed by atoms with Gasteiger partial charge in [-0.15, -0.1) is 0 Å². The first-order chi connectivity index (χ1) is 15.0. The van der Waals surface area contributed by atoms with Gasteiger partial charge in [-0.3, -0.25) is 19.6 Å². The Labute approximate surface area is 377 Å². The molecule has 166 valence electrons. The molecule has 1 aliphatic rings. The number of rotatable bonds is 6. The third-order valence-corrected chi connectivity index (χ3v) is 5.64. The molecular formula is C20H16K4O10P2+4. The smallest absolute Gasteiger partial charge is 0.441 e. The van der Waals surface area contributed by atoms with Crippen molar-refractivity contribution in [1.82, 2.24) is 0 Å². The minimum atomic E-state index is -4.75. The molecule has 3 aromatic rings. The number of esters is 1. The number of hydrogen-bond donors (Lipinski definition) is 4. The van der Waals surface area contributed by atoms with Gasteiger partial charge in [0.2, 0.25) is 0 Å². The van der Waals surface area contributed by atoms with Crippen LogP contribution in [0.25, 0.3) is 0 Å². The third-order valence-electron chi connectivity index (χ3n) is 4.74. The van der Waals surface area contributed by atoms with Crippen molar-refractivity contribution >= 4 is 21.6 Å². The minimum Gasteiger partial charge on any atom is -0.441 e. The van der Waals surface area contributed by atoms with Crippen LogP contribution in [0.5, 0.6) is 11.5 Å². The van der Waals surface area contributed by atoms with Crippen LogP contribution >= 0.6 is 15.6 Å². The Balaban J connectivity index is 0.00000306. The van der Waals surface area contributed by atoms with Gasteiger partial charge in [0.05, 0.1) is 5.56 Å². The summed E-state index contributed by atoms with van der Waals surface area (Å²) in [7, 11) is -9.50. The fourth-order valence-corrected chi connectivity index (χ4v) is 4.38. The van der Waals surface area contributed by atoms with Crippen LogP contribution in [0.3, 0.4) is 0 Å². The Kier molecular flexibility index (Phi) is 18.1. The van der Waals surface area contributed by atoms with Crippen LogP contribution < -0.4 is 215 Å². The average Bonchev–Trinajstić information content (AvgIpc) is 3.01. The maximum atomic E-state index is 12.7. The van der Waals surface area contributed by atoms with E-state index in [9.17, 15) is 13.9 Å². The SMILES string of the molecule is O=C1OC(c2ccc(OP(=O)(O)O)cc2)(c2ccc(OP(=O)(O)O)cc2)c2ccccc21.[K+].[K+].[K+].[K+]. The molecule has 0 atom stereocenters. The molecule has 0 radical (unpaired) electrons. The van der Waals surface area contributed by atoms with Gasteiger partial charge in [0, 0.05) is 16.7 Å². The molecule has 0 amide bonds. The zero-order valence-electron chi connectivity index (χ0n) is 20.1. The van der Waals surface area contributed by atoms with Gasteiger partial charge in [-0.05, 0) is 30.3 Å². The van der Waals surface area contributed by atoms with Gasteiger partial charge in [-0.2, -0.15) is 0 Å². The second-order valence-corrected chi connectivity index (χ2v) is 9.16. The summed E-state index contributed by atoms with van der Waals surface area (Å²) in [5.41, 5.74) is 0.348. The first kappa shape index (κ1) is 39.6. The van der Waals surface area contributed by atoms with Crippen molar-refractivity contribution in [2.24, 2.45) is 0 Å². The molecule has 0 aliphatic carbocycles. The third kappa shape index (κ3) is 9.81. The maximum Gasteiger partial charge on any atom is 1.00 e. The molecule has 4 rings (SSSR count). The second kappa shape index (κ2) is 16.4. The zero-order chi connectivity index (χ0) is 23.1. The molecule has 0 unspecified atom stereocenters. The van der Waals surface area contributed by atoms with Crippen LogP contribution in [0.1, 0.15) is 27.0 Å². The summed E-state index contributed by atoms with van der Waals surface area (Å²) in [6.45, 7) is 0. The minimum absolute atomic E-state index is 0. The molecule has 0 bridgehead atoms. The van der Waals surface area contributed by atoms with Crippen LogP contribution in [-0.2, 0) is 19.5 Å². The van der Waals surface area contributed by atoms with E-state index in [1.54, 1.807) is 24.3 Å². The number of carbonyl (C=O) groups excluding carboxylic acids is 1. The van der Waals surface area contributed by atoms with Crippen molar-refractivity contribution in [2.45, 2.75) is 5.60 Å². The molecule has 1 aliphatic heterocycles. The molecule has 36 heavy (non-hydrogen) atoms. The molecule has 1 heterocycles. The molecule has 3 aromatic carbocycles. The Bertz CT molecular complexity index is 1210. The van der Waals surface area contributed by atoms with Crippen molar-refractivity contribution in [3.05, 3.63) is 95.1 Å². The fraction of sp³-hybridized carbons (Fsp3) is 0.0500. The van der Waals surface area contributed by atoms with Crippen molar-refractivity contribution in [2.75, 3.05) is 0 Å². The van der Waals surface area contributed by atoms with Crippen molar-refractivity contribution in [3.63, 3.8) is 0 Å².